The molecule has 0 atom stereocenters. The zero-order valence-corrected chi connectivity index (χ0v) is 12.9. The Balaban J connectivity index is 1.86. The maximum atomic E-state index is 12.0. The van der Waals surface area contributed by atoms with Crippen molar-refractivity contribution in [2.75, 3.05) is 37.8 Å². The van der Waals surface area contributed by atoms with Crippen LogP contribution < -0.4 is 11.1 Å². The van der Waals surface area contributed by atoms with Crippen molar-refractivity contribution >= 4 is 34.2 Å². The molecule has 1 aliphatic heterocycles. The lowest BCUT2D eigenvalue weighted by Gasteiger charge is -2.26. The molecule has 0 saturated carbocycles. The second-order valence-electron chi connectivity index (χ2n) is 4.88. The van der Waals surface area contributed by atoms with Gasteiger partial charge in [0, 0.05) is 26.1 Å². The van der Waals surface area contributed by atoms with Gasteiger partial charge in [-0.1, -0.05) is 0 Å². The van der Waals surface area contributed by atoms with E-state index in [-0.39, 0.29) is 17.3 Å². The van der Waals surface area contributed by atoms with E-state index in [1.807, 2.05) is 4.90 Å². The number of hydrogen-bond donors (Lipinski definition) is 2. The number of aromatic nitrogens is 1. The average molecular weight is 312 g/mol. The molecule has 2 rings (SSSR count). The first kappa shape index (κ1) is 15.6. The fraction of sp³-hybridized carbons (Fsp3) is 0.615. The van der Waals surface area contributed by atoms with Crippen LogP contribution in [-0.2, 0) is 9.53 Å². The number of esters is 1. The molecule has 0 spiro atoms. The largest absolute Gasteiger partial charge is 0.465 e. The molecule has 1 amide bonds. The van der Waals surface area contributed by atoms with E-state index in [1.165, 1.54) is 13.5 Å². The maximum absolute atomic E-state index is 12.0. The molecule has 1 aromatic rings. The van der Waals surface area contributed by atoms with E-state index in [1.54, 1.807) is 0 Å². The summed E-state index contributed by atoms with van der Waals surface area (Å²) in [6.07, 6.45) is 3.75. The third-order valence-electron chi connectivity index (χ3n) is 3.44. The molecule has 0 aromatic carbocycles. The molecule has 1 saturated heterocycles. The highest BCUT2D eigenvalue weighted by Gasteiger charge is 2.20. The number of nitrogen functional groups attached to an aromatic ring is 1. The van der Waals surface area contributed by atoms with Crippen LogP contribution in [0.25, 0.3) is 0 Å². The molecule has 0 radical (unpaired) electrons. The van der Waals surface area contributed by atoms with Crippen LogP contribution in [0.1, 0.15) is 36.0 Å². The molecule has 1 aliphatic rings. The van der Waals surface area contributed by atoms with Crippen molar-refractivity contribution in [3.63, 3.8) is 0 Å². The summed E-state index contributed by atoms with van der Waals surface area (Å²) in [6.45, 7) is 2.14. The smallest absolute Gasteiger partial charge is 0.344 e. The average Bonchev–Trinajstić information content (AvgIpc) is 2.88. The van der Waals surface area contributed by atoms with Crippen LogP contribution in [0.4, 0.5) is 10.8 Å². The number of carbonyl (C=O) groups is 2. The van der Waals surface area contributed by atoms with Crippen LogP contribution in [0, 0.1) is 0 Å². The number of nitrogens with two attached hydrogens (primary N) is 1. The lowest BCUT2D eigenvalue weighted by molar-refractivity contribution is -0.131. The van der Waals surface area contributed by atoms with Crippen molar-refractivity contribution in [3.05, 3.63) is 5.56 Å². The van der Waals surface area contributed by atoms with Crippen LogP contribution in [0.2, 0.25) is 0 Å². The highest BCUT2D eigenvalue weighted by molar-refractivity contribution is 7.11. The van der Waals surface area contributed by atoms with E-state index in [2.05, 4.69) is 14.4 Å². The minimum absolute atomic E-state index is 0.138. The topological polar surface area (TPSA) is 97.5 Å². The van der Waals surface area contributed by atoms with Gasteiger partial charge < -0.3 is 20.7 Å². The molecule has 1 aromatic heterocycles. The first-order chi connectivity index (χ1) is 10.1. The Labute approximate surface area is 127 Å². The van der Waals surface area contributed by atoms with Crippen molar-refractivity contribution in [1.29, 1.82) is 0 Å². The number of likely N-dealkylation sites (tertiary alicyclic amines) is 1. The summed E-state index contributed by atoms with van der Waals surface area (Å²) >= 11 is 1.10. The molecule has 3 N–H and O–H groups in total. The molecular formula is C13H20N4O3S. The number of nitrogens with zero attached hydrogens (tertiary/aromatic N) is 2. The first-order valence-electron chi connectivity index (χ1n) is 6.98. The van der Waals surface area contributed by atoms with Crippen LogP contribution in [-0.4, -0.2) is 47.9 Å². The van der Waals surface area contributed by atoms with Crippen LogP contribution in [0.15, 0.2) is 0 Å². The second-order valence-corrected chi connectivity index (χ2v) is 5.66. The lowest BCUT2D eigenvalue weighted by atomic mass is 10.1. The molecular weight excluding hydrogens is 292 g/mol. The summed E-state index contributed by atoms with van der Waals surface area (Å²) in [5.41, 5.74) is 5.89. The van der Waals surface area contributed by atoms with E-state index < -0.39 is 5.97 Å². The number of anilines is 2. The summed E-state index contributed by atoms with van der Waals surface area (Å²) in [5.74, 6) is -0.234. The van der Waals surface area contributed by atoms with Crippen molar-refractivity contribution in [2.24, 2.45) is 0 Å². The summed E-state index contributed by atoms with van der Waals surface area (Å²) in [6, 6.07) is 0. The number of ether oxygens (including phenoxy) is 1. The highest BCUT2D eigenvalue weighted by atomic mass is 32.1. The van der Waals surface area contributed by atoms with E-state index in [0.717, 1.165) is 37.5 Å². The van der Waals surface area contributed by atoms with Crippen molar-refractivity contribution in [2.45, 2.75) is 25.7 Å². The molecule has 0 unspecified atom stereocenters. The maximum Gasteiger partial charge on any atom is 0.344 e. The van der Waals surface area contributed by atoms with Gasteiger partial charge in [0.15, 0.2) is 5.82 Å². The molecule has 0 aliphatic carbocycles. The number of amides is 1. The number of carbonyl (C=O) groups excluding carboxylic acids is 2. The second kappa shape index (κ2) is 7.26. The van der Waals surface area contributed by atoms with Gasteiger partial charge in [-0.2, -0.15) is 4.37 Å². The Bertz CT molecular complexity index is 512. The summed E-state index contributed by atoms with van der Waals surface area (Å²) in [5, 5.41) is 3.59. The zero-order chi connectivity index (χ0) is 15.2. The number of methoxy groups -OCH3 is 1. The molecule has 116 valence electrons. The Kier molecular flexibility index (Phi) is 5.38. The number of hydrogen-bond acceptors (Lipinski definition) is 7. The predicted molar refractivity (Wildman–Crippen MR) is 81.4 cm³/mol. The van der Waals surface area contributed by atoms with Gasteiger partial charge >= 0.3 is 5.97 Å². The van der Waals surface area contributed by atoms with Gasteiger partial charge in [-0.05, 0) is 30.8 Å². The predicted octanol–water partition coefficient (Wildman–Crippen LogP) is 1.33. The fourth-order valence-corrected chi connectivity index (χ4v) is 3.03. The summed E-state index contributed by atoms with van der Waals surface area (Å²) in [4.78, 5) is 25.5. The Hall–Kier alpha value is -1.83. The Morgan fingerprint density at radius 3 is 2.76 bits per heavy atom. The SMILES string of the molecule is COC(=O)c1c(N)nsc1NCCC(=O)N1CCCCC1. The molecule has 21 heavy (non-hydrogen) atoms. The van der Waals surface area contributed by atoms with E-state index in [9.17, 15) is 9.59 Å². The highest BCUT2D eigenvalue weighted by Crippen LogP contribution is 2.27. The lowest BCUT2D eigenvalue weighted by Crippen LogP contribution is -2.36. The van der Waals surface area contributed by atoms with E-state index in [4.69, 9.17) is 5.73 Å². The quantitative estimate of drug-likeness (QED) is 0.796. The van der Waals surface area contributed by atoms with Gasteiger partial charge in [0.25, 0.3) is 0 Å². The molecule has 1 fully saturated rings. The van der Waals surface area contributed by atoms with Gasteiger partial charge in [0.1, 0.15) is 10.6 Å². The minimum atomic E-state index is -0.522. The third kappa shape index (κ3) is 3.84. The van der Waals surface area contributed by atoms with E-state index >= 15 is 0 Å². The fourth-order valence-electron chi connectivity index (χ4n) is 2.31. The normalized spacial score (nSPS) is 14.8. The van der Waals surface area contributed by atoms with Crippen LogP contribution in [0.3, 0.4) is 0 Å². The first-order valence-corrected chi connectivity index (χ1v) is 7.76. The van der Waals surface area contributed by atoms with Gasteiger partial charge in [0.05, 0.1) is 7.11 Å². The summed E-state index contributed by atoms with van der Waals surface area (Å²) < 4.78 is 8.61. The standard InChI is InChI=1S/C13H20N4O3S/c1-20-13(19)10-11(14)16-21-12(10)15-6-5-9(18)17-7-3-2-4-8-17/h15H,2-8H2,1H3,(H2,14,16). The Morgan fingerprint density at radius 2 is 2.10 bits per heavy atom. The van der Waals surface area contributed by atoms with Crippen molar-refractivity contribution in [3.8, 4) is 0 Å². The summed E-state index contributed by atoms with van der Waals surface area (Å²) in [7, 11) is 1.29. The third-order valence-corrected chi connectivity index (χ3v) is 4.26. The van der Waals surface area contributed by atoms with Gasteiger partial charge in [-0.15, -0.1) is 0 Å². The number of rotatable bonds is 5. The molecule has 2 heterocycles. The van der Waals surface area contributed by atoms with Crippen molar-refractivity contribution in [1.82, 2.24) is 9.27 Å². The van der Waals surface area contributed by atoms with Gasteiger partial charge in [0.2, 0.25) is 5.91 Å². The monoisotopic (exact) mass is 312 g/mol. The molecule has 7 nitrogen and oxygen atoms in total. The molecule has 0 bridgehead atoms. The van der Waals surface area contributed by atoms with E-state index in [0.29, 0.717) is 18.0 Å². The Morgan fingerprint density at radius 1 is 1.38 bits per heavy atom. The van der Waals surface area contributed by atoms with Gasteiger partial charge in [-0.3, -0.25) is 4.79 Å². The van der Waals surface area contributed by atoms with Gasteiger partial charge in [-0.25, -0.2) is 4.79 Å². The zero-order valence-electron chi connectivity index (χ0n) is 12.1. The minimum Gasteiger partial charge on any atom is -0.465 e. The number of piperidine rings is 1. The van der Waals surface area contributed by atoms with Crippen molar-refractivity contribution < 1.29 is 14.3 Å². The number of nitrogens with one attached hydrogen (secondary N) is 1. The van der Waals surface area contributed by atoms with Crippen LogP contribution in [0.5, 0.6) is 0 Å². The molecule has 8 heteroatoms. The van der Waals surface area contributed by atoms with Crippen LogP contribution >= 0.6 is 11.5 Å².